The Morgan fingerprint density at radius 1 is 1.30 bits per heavy atom. The quantitative estimate of drug-likeness (QED) is 0.674. The summed E-state index contributed by atoms with van der Waals surface area (Å²) in [5, 5.41) is 15.8. The SMILES string of the molecule is O=C(NCc1cccs1)c1cc([N+](=O)[O-])ccc1N1CCCC1. The van der Waals surface area contributed by atoms with Crippen molar-refractivity contribution in [3.63, 3.8) is 0 Å². The molecule has 2 heterocycles. The molecule has 1 amide bonds. The fraction of sp³-hybridized carbons (Fsp3) is 0.312. The number of nitro benzene ring substituents is 1. The van der Waals surface area contributed by atoms with Crippen molar-refractivity contribution >= 4 is 28.6 Å². The van der Waals surface area contributed by atoms with E-state index in [1.165, 1.54) is 12.1 Å². The van der Waals surface area contributed by atoms with Crippen LogP contribution in [-0.4, -0.2) is 23.9 Å². The highest BCUT2D eigenvalue weighted by atomic mass is 32.1. The first kappa shape index (κ1) is 15.5. The summed E-state index contributed by atoms with van der Waals surface area (Å²) < 4.78 is 0. The van der Waals surface area contributed by atoms with Crippen LogP contribution in [0, 0.1) is 10.1 Å². The Kier molecular flexibility index (Phi) is 4.57. The van der Waals surface area contributed by atoms with Gasteiger partial charge in [-0.25, -0.2) is 0 Å². The van der Waals surface area contributed by atoms with Gasteiger partial charge in [0.15, 0.2) is 0 Å². The predicted molar refractivity (Wildman–Crippen MR) is 90.0 cm³/mol. The van der Waals surface area contributed by atoms with Crippen molar-refractivity contribution in [2.75, 3.05) is 18.0 Å². The Morgan fingerprint density at radius 2 is 2.09 bits per heavy atom. The van der Waals surface area contributed by atoms with Gasteiger partial charge in [0.25, 0.3) is 11.6 Å². The van der Waals surface area contributed by atoms with Gasteiger partial charge in [-0.05, 0) is 30.4 Å². The topological polar surface area (TPSA) is 75.5 Å². The molecule has 0 spiro atoms. The Balaban J connectivity index is 1.85. The monoisotopic (exact) mass is 331 g/mol. The molecule has 3 rings (SSSR count). The van der Waals surface area contributed by atoms with Gasteiger partial charge in [-0.2, -0.15) is 0 Å². The number of benzene rings is 1. The Morgan fingerprint density at radius 3 is 2.74 bits per heavy atom. The molecule has 2 aromatic rings. The summed E-state index contributed by atoms with van der Waals surface area (Å²) in [6, 6.07) is 8.39. The molecule has 1 saturated heterocycles. The summed E-state index contributed by atoms with van der Waals surface area (Å²) in [7, 11) is 0. The first-order valence-electron chi connectivity index (χ1n) is 7.49. The van der Waals surface area contributed by atoms with E-state index in [4.69, 9.17) is 0 Å². The summed E-state index contributed by atoms with van der Waals surface area (Å²) in [6.45, 7) is 2.19. The summed E-state index contributed by atoms with van der Waals surface area (Å²) in [4.78, 5) is 26.2. The van der Waals surface area contributed by atoms with Gasteiger partial charge < -0.3 is 10.2 Å². The van der Waals surface area contributed by atoms with E-state index in [9.17, 15) is 14.9 Å². The predicted octanol–water partition coefficient (Wildman–Crippen LogP) is 3.19. The van der Waals surface area contributed by atoms with Crippen molar-refractivity contribution in [3.8, 4) is 0 Å². The number of rotatable bonds is 5. The average molecular weight is 331 g/mol. The van der Waals surface area contributed by atoms with E-state index in [1.54, 1.807) is 17.4 Å². The van der Waals surface area contributed by atoms with Crippen molar-refractivity contribution in [1.29, 1.82) is 0 Å². The second kappa shape index (κ2) is 6.78. The minimum Gasteiger partial charge on any atom is -0.371 e. The largest absolute Gasteiger partial charge is 0.371 e. The smallest absolute Gasteiger partial charge is 0.270 e. The van der Waals surface area contributed by atoms with E-state index in [0.717, 1.165) is 36.5 Å². The second-order valence-corrected chi connectivity index (χ2v) is 6.45. The van der Waals surface area contributed by atoms with Gasteiger partial charge in [-0.3, -0.25) is 14.9 Å². The van der Waals surface area contributed by atoms with Gasteiger partial charge in [-0.1, -0.05) is 6.07 Å². The minimum absolute atomic E-state index is 0.0609. The molecule has 1 aromatic heterocycles. The van der Waals surface area contributed by atoms with Crippen LogP contribution in [0.25, 0.3) is 0 Å². The normalized spacial score (nSPS) is 14.0. The number of nitro groups is 1. The maximum Gasteiger partial charge on any atom is 0.270 e. The molecule has 0 radical (unpaired) electrons. The van der Waals surface area contributed by atoms with Gasteiger partial charge in [0.2, 0.25) is 0 Å². The maximum absolute atomic E-state index is 12.5. The van der Waals surface area contributed by atoms with Crippen molar-refractivity contribution in [2.45, 2.75) is 19.4 Å². The van der Waals surface area contributed by atoms with E-state index in [1.807, 2.05) is 17.5 Å². The molecule has 0 unspecified atom stereocenters. The van der Waals surface area contributed by atoms with Crippen molar-refractivity contribution in [3.05, 3.63) is 56.3 Å². The van der Waals surface area contributed by atoms with Crippen LogP contribution in [-0.2, 0) is 6.54 Å². The molecule has 1 N–H and O–H groups in total. The molecule has 0 atom stereocenters. The fourth-order valence-corrected chi connectivity index (χ4v) is 3.37. The van der Waals surface area contributed by atoms with Crippen LogP contribution in [0.3, 0.4) is 0 Å². The minimum atomic E-state index is -0.468. The van der Waals surface area contributed by atoms with Gasteiger partial charge in [0, 0.05) is 30.1 Å². The number of amides is 1. The third-order valence-electron chi connectivity index (χ3n) is 3.89. The molecule has 23 heavy (non-hydrogen) atoms. The molecule has 1 aromatic carbocycles. The van der Waals surface area contributed by atoms with E-state index >= 15 is 0 Å². The molecule has 1 aliphatic heterocycles. The van der Waals surface area contributed by atoms with Crippen LogP contribution >= 0.6 is 11.3 Å². The third kappa shape index (κ3) is 3.50. The molecule has 0 bridgehead atoms. The number of hydrogen-bond donors (Lipinski definition) is 1. The molecule has 1 aliphatic rings. The molecule has 6 nitrogen and oxygen atoms in total. The van der Waals surface area contributed by atoms with Gasteiger partial charge in [-0.15, -0.1) is 11.3 Å². The molecular weight excluding hydrogens is 314 g/mol. The standard InChI is InChI=1S/C16H17N3O3S/c20-16(17-11-13-4-3-9-23-13)14-10-12(19(21)22)5-6-15(14)18-7-1-2-8-18/h3-6,9-10H,1-2,7-8,11H2,(H,17,20). The molecule has 0 saturated carbocycles. The lowest BCUT2D eigenvalue weighted by atomic mass is 10.1. The zero-order chi connectivity index (χ0) is 16.2. The average Bonchev–Trinajstić information content (AvgIpc) is 3.25. The summed E-state index contributed by atoms with van der Waals surface area (Å²) in [5.41, 5.74) is 1.09. The van der Waals surface area contributed by atoms with E-state index < -0.39 is 4.92 Å². The Hall–Kier alpha value is -2.41. The number of thiophene rings is 1. The Labute approximate surface area is 137 Å². The lowest BCUT2D eigenvalue weighted by molar-refractivity contribution is -0.384. The number of carbonyl (C=O) groups excluding carboxylic acids is 1. The van der Waals surface area contributed by atoms with Gasteiger partial charge in [0.1, 0.15) is 0 Å². The summed E-state index contributed by atoms with van der Waals surface area (Å²) >= 11 is 1.56. The lowest BCUT2D eigenvalue weighted by Gasteiger charge is -2.20. The number of hydrogen-bond acceptors (Lipinski definition) is 5. The highest BCUT2D eigenvalue weighted by molar-refractivity contribution is 7.09. The van der Waals surface area contributed by atoms with Gasteiger partial charge >= 0.3 is 0 Å². The van der Waals surface area contributed by atoms with Crippen molar-refractivity contribution < 1.29 is 9.72 Å². The maximum atomic E-state index is 12.5. The number of nitrogens with zero attached hydrogens (tertiary/aromatic N) is 2. The lowest BCUT2D eigenvalue weighted by Crippen LogP contribution is -2.27. The van der Waals surface area contributed by atoms with E-state index in [2.05, 4.69) is 10.2 Å². The van der Waals surface area contributed by atoms with E-state index in [0.29, 0.717) is 12.1 Å². The van der Waals surface area contributed by atoms with Crippen LogP contribution < -0.4 is 10.2 Å². The number of nitrogens with one attached hydrogen (secondary N) is 1. The zero-order valence-corrected chi connectivity index (χ0v) is 13.3. The first-order valence-corrected chi connectivity index (χ1v) is 8.37. The first-order chi connectivity index (χ1) is 11.1. The highest BCUT2D eigenvalue weighted by Gasteiger charge is 2.22. The van der Waals surface area contributed by atoms with Crippen molar-refractivity contribution in [2.24, 2.45) is 0 Å². The highest BCUT2D eigenvalue weighted by Crippen LogP contribution is 2.28. The molecule has 1 fully saturated rings. The number of anilines is 1. The third-order valence-corrected chi connectivity index (χ3v) is 4.76. The van der Waals surface area contributed by atoms with E-state index in [-0.39, 0.29) is 11.6 Å². The Bertz CT molecular complexity index is 709. The molecule has 7 heteroatoms. The summed E-state index contributed by atoms with van der Waals surface area (Å²) in [6.07, 6.45) is 2.15. The van der Waals surface area contributed by atoms with Crippen LogP contribution in [0.5, 0.6) is 0 Å². The van der Waals surface area contributed by atoms with Crippen LogP contribution in [0.4, 0.5) is 11.4 Å². The molecular formula is C16H17N3O3S. The summed E-state index contributed by atoms with van der Waals surface area (Å²) in [5.74, 6) is -0.274. The number of carbonyl (C=O) groups is 1. The van der Waals surface area contributed by atoms with Crippen molar-refractivity contribution in [1.82, 2.24) is 5.32 Å². The second-order valence-electron chi connectivity index (χ2n) is 5.41. The van der Waals surface area contributed by atoms with Gasteiger partial charge in [0.05, 0.1) is 22.7 Å². The molecule has 120 valence electrons. The molecule has 0 aliphatic carbocycles. The fourth-order valence-electron chi connectivity index (χ4n) is 2.73. The van der Waals surface area contributed by atoms with Crippen LogP contribution in [0.1, 0.15) is 28.1 Å². The van der Waals surface area contributed by atoms with Crippen LogP contribution in [0.15, 0.2) is 35.7 Å². The zero-order valence-electron chi connectivity index (χ0n) is 12.5. The van der Waals surface area contributed by atoms with Crippen LogP contribution in [0.2, 0.25) is 0 Å². The number of non-ortho nitro benzene ring substituents is 1.